The van der Waals surface area contributed by atoms with Gasteiger partial charge in [0.05, 0.1) is 5.69 Å². The van der Waals surface area contributed by atoms with Crippen molar-refractivity contribution >= 4 is 17.5 Å². The highest BCUT2D eigenvalue weighted by atomic mass is 16.6. The Morgan fingerprint density at radius 1 is 1.12 bits per heavy atom. The van der Waals surface area contributed by atoms with E-state index in [1.165, 1.54) is 0 Å². The Labute approximate surface area is 187 Å². The first-order valence-corrected chi connectivity index (χ1v) is 11.0. The SMILES string of the molecule is CC(=O)NC1CCC(C2CC(c3cc(C(=O)NCc4ccncc4)nc(C)n3)=NO2)CC1. The number of hydrogen-bond donors (Lipinski definition) is 2. The van der Waals surface area contributed by atoms with E-state index >= 15 is 0 Å². The summed E-state index contributed by atoms with van der Waals surface area (Å²) in [5.41, 5.74) is 2.64. The van der Waals surface area contributed by atoms with Crippen LogP contribution in [0.3, 0.4) is 0 Å². The third-order valence-corrected chi connectivity index (χ3v) is 5.97. The van der Waals surface area contributed by atoms with Crippen molar-refractivity contribution in [1.29, 1.82) is 0 Å². The van der Waals surface area contributed by atoms with Crippen LogP contribution in [0, 0.1) is 12.8 Å². The quantitative estimate of drug-likeness (QED) is 0.717. The number of aryl methyl sites for hydroxylation is 1. The number of aromatic nitrogens is 3. The number of hydrogen-bond acceptors (Lipinski definition) is 7. The van der Waals surface area contributed by atoms with Gasteiger partial charge in [-0.25, -0.2) is 9.97 Å². The topological polar surface area (TPSA) is 118 Å². The molecule has 0 saturated heterocycles. The van der Waals surface area contributed by atoms with Crippen molar-refractivity contribution in [3.8, 4) is 0 Å². The van der Waals surface area contributed by atoms with Crippen molar-refractivity contribution in [2.24, 2.45) is 11.1 Å². The van der Waals surface area contributed by atoms with Crippen molar-refractivity contribution in [1.82, 2.24) is 25.6 Å². The predicted octanol–water partition coefficient (Wildman–Crippen LogP) is 2.30. The summed E-state index contributed by atoms with van der Waals surface area (Å²) >= 11 is 0. The van der Waals surface area contributed by atoms with Gasteiger partial charge in [0.25, 0.3) is 5.91 Å². The van der Waals surface area contributed by atoms with E-state index < -0.39 is 0 Å². The fourth-order valence-electron chi connectivity index (χ4n) is 4.33. The molecule has 0 radical (unpaired) electrons. The second-order valence-electron chi connectivity index (χ2n) is 8.42. The van der Waals surface area contributed by atoms with Crippen LogP contribution in [0.2, 0.25) is 0 Å². The van der Waals surface area contributed by atoms with Crippen LogP contribution >= 0.6 is 0 Å². The Morgan fingerprint density at radius 2 is 1.88 bits per heavy atom. The van der Waals surface area contributed by atoms with Crippen LogP contribution in [0.5, 0.6) is 0 Å². The largest absolute Gasteiger partial charge is 0.391 e. The Balaban J connectivity index is 1.35. The highest BCUT2D eigenvalue weighted by molar-refractivity contribution is 6.01. The lowest BCUT2D eigenvalue weighted by Gasteiger charge is -2.31. The van der Waals surface area contributed by atoms with Crippen molar-refractivity contribution in [2.45, 2.75) is 64.6 Å². The first kappa shape index (κ1) is 21.9. The van der Waals surface area contributed by atoms with Gasteiger partial charge in [0.15, 0.2) is 0 Å². The number of nitrogens with zero attached hydrogens (tertiary/aromatic N) is 4. The fourth-order valence-corrected chi connectivity index (χ4v) is 4.33. The molecule has 1 aliphatic carbocycles. The van der Waals surface area contributed by atoms with Gasteiger partial charge < -0.3 is 15.5 Å². The Hall–Kier alpha value is -3.36. The van der Waals surface area contributed by atoms with Crippen LogP contribution in [-0.4, -0.2) is 44.6 Å². The fraction of sp³-hybridized carbons (Fsp3) is 0.478. The number of amides is 2. The van der Waals surface area contributed by atoms with Gasteiger partial charge in [0.1, 0.15) is 23.3 Å². The van der Waals surface area contributed by atoms with Crippen molar-refractivity contribution in [2.75, 3.05) is 0 Å². The first-order valence-electron chi connectivity index (χ1n) is 11.0. The van der Waals surface area contributed by atoms with Crippen LogP contribution in [0.1, 0.15) is 66.6 Å². The molecule has 0 bridgehead atoms. The van der Waals surface area contributed by atoms with E-state index in [1.54, 1.807) is 32.3 Å². The molecule has 3 heterocycles. The molecule has 1 aliphatic heterocycles. The second-order valence-corrected chi connectivity index (χ2v) is 8.42. The first-order chi connectivity index (χ1) is 15.5. The van der Waals surface area contributed by atoms with E-state index in [0.717, 1.165) is 37.0 Å². The predicted molar refractivity (Wildman–Crippen MR) is 118 cm³/mol. The van der Waals surface area contributed by atoms with Crippen LogP contribution < -0.4 is 10.6 Å². The summed E-state index contributed by atoms with van der Waals surface area (Å²) in [6.07, 6.45) is 7.92. The lowest BCUT2D eigenvalue weighted by molar-refractivity contribution is -0.120. The minimum absolute atomic E-state index is 0.00233. The molecule has 168 valence electrons. The maximum absolute atomic E-state index is 12.6. The van der Waals surface area contributed by atoms with Crippen LogP contribution in [0.25, 0.3) is 0 Å². The Morgan fingerprint density at radius 3 is 2.59 bits per heavy atom. The molecular weight excluding hydrogens is 408 g/mol. The van der Waals surface area contributed by atoms with Crippen LogP contribution in [0.15, 0.2) is 35.7 Å². The van der Waals surface area contributed by atoms with Crippen molar-refractivity contribution < 1.29 is 14.4 Å². The number of pyridine rings is 1. The molecule has 2 aliphatic rings. The molecule has 4 rings (SSSR count). The molecule has 1 saturated carbocycles. The van der Waals surface area contributed by atoms with E-state index in [4.69, 9.17) is 4.84 Å². The van der Waals surface area contributed by atoms with E-state index in [2.05, 4.69) is 30.7 Å². The van der Waals surface area contributed by atoms with Crippen LogP contribution in [-0.2, 0) is 16.2 Å². The zero-order valence-electron chi connectivity index (χ0n) is 18.4. The van der Waals surface area contributed by atoms with Gasteiger partial charge in [-0.2, -0.15) is 0 Å². The third-order valence-electron chi connectivity index (χ3n) is 5.97. The Bertz CT molecular complexity index is 1000. The van der Waals surface area contributed by atoms with Gasteiger partial charge in [0, 0.05) is 38.3 Å². The normalized spacial score (nSPS) is 22.6. The molecule has 1 fully saturated rings. The van der Waals surface area contributed by atoms with E-state index in [9.17, 15) is 9.59 Å². The van der Waals surface area contributed by atoms with E-state index in [1.807, 2.05) is 12.1 Å². The van der Waals surface area contributed by atoms with Gasteiger partial charge in [-0.05, 0) is 62.3 Å². The zero-order valence-corrected chi connectivity index (χ0v) is 18.4. The molecule has 0 spiro atoms. The maximum Gasteiger partial charge on any atom is 0.270 e. The van der Waals surface area contributed by atoms with Crippen molar-refractivity contribution in [3.05, 3.63) is 53.4 Å². The minimum atomic E-state index is -0.263. The summed E-state index contributed by atoms with van der Waals surface area (Å²) in [5.74, 6) is 0.669. The van der Waals surface area contributed by atoms with Crippen molar-refractivity contribution in [3.63, 3.8) is 0 Å². The number of nitrogens with one attached hydrogen (secondary N) is 2. The smallest absolute Gasteiger partial charge is 0.270 e. The van der Waals surface area contributed by atoms with Gasteiger partial charge in [-0.1, -0.05) is 5.16 Å². The van der Waals surface area contributed by atoms with E-state index in [-0.39, 0.29) is 24.0 Å². The molecule has 9 heteroatoms. The molecule has 2 aromatic heterocycles. The summed E-state index contributed by atoms with van der Waals surface area (Å²) in [6.45, 7) is 3.72. The number of carbonyl (C=O) groups excluding carboxylic acids is 2. The third kappa shape index (κ3) is 5.46. The molecule has 2 N–H and O–H groups in total. The van der Waals surface area contributed by atoms with Crippen LogP contribution in [0.4, 0.5) is 0 Å². The molecule has 1 atom stereocenters. The number of carbonyl (C=O) groups is 2. The molecule has 0 aromatic carbocycles. The standard InChI is InChI=1S/C23H28N6O3/c1-14-26-19(11-21(27-14)23(31)25-13-16-7-9-24-10-8-16)20-12-22(32-29-20)17-3-5-18(6-4-17)28-15(2)30/h7-11,17-18,22H,3-6,12-13H2,1-2H3,(H,25,31)(H,28,30). The average molecular weight is 437 g/mol. The highest BCUT2D eigenvalue weighted by Gasteiger charge is 2.34. The molecule has 9 nitrogen and oxygen atoms in total. The monoisotopic (exact) mass is 436 g/mol. The lowest BCUT2D eigenvalue weighted by atomic mass is 9.81. The Kier molecular flexibility index (Phi) is 6.72. The lowest BCUT2D eigenvalue weighted by Crippen LogP contribution is -2.38. The molecular formula is C23H28N6O3. The molecule has 2 aromatic rings. The summed E-state index contributed by atoms with van der Waals surface area (Å²) in [6, 6.07) is 5.63. The van der Waals surface area contributed by atoms with Gasteiger partial charge in [-0.3, -0.25) is 14.6 Å². The maximum atomic E-state index is 12.6. The molecule has 2 amide bonds. The highest BCUT2D eigenvalue weighted by Crippen LogP contribution is 2.33. The number of rotatable bonds is 6. The molecule has 32 heavy (non-hydrogen) atoms. The van der Waals surface area contributed by atoms with Gasteiger partial charge in [0.2, 0.25) is 5.91 Å². The summed E-state index contributed by atoms with van der Waals surface area (Å²) in [4.78, 5) is 42.4. The number of oxime groups is 1. The molecule has 1 unspecified atom stereocenters. The summed E-state index contributed by atoms with van der Waals surface area (Å²) in [5, 5.41) is 10.2. The zero-order chi connectivity index (χ0) is 22.5. The van der Waals surface area contributed by atoms with E-state index in [0.29, 0.717) is 36.1 Å². The minimum Gasteiger partial charge on any atom is -0.391 e. The van der Waals surface area contributed by atoms with Gasteiger partial charge in [-0.15, -0.1) is 0 Å². The average Bonchev–Trinajstić information content (AvgIpc) is 3.28. The van der Waals surface area contributed by atoms with Gasteiger partial charge >= 0.3 is 0 Å². The summed E-state index contributed by atoms with van der Waals surface area (Å²) < 4.78 is 0. The summed E-state index contributed by atoms with van der Waals surface area (Å²) in [7, 11) is 0. The second kappa shape index (κ2) is 9.84.